The number of aliphatic carboxylic acids is 1. The van der Waals surface area contributed by atoms with Gasteiger partial charge in [0.1, 0.15) is 5.54 Å². The van der Waals surface area contributed by atoms with Crippen molar-refractivity contribution in [3.8, 4) is 17.2 Å². The van der Waals surface area contributed by atoms with E-state index in [9.17, 15) is 14.7 Å². The molecule has 25 heavy (non-hydrogen) atoms. The molecule has 1 amide bonds. The van der Waals surface area contributed by atoms with E-state index in [1.54, 1.807) is 6.07 Å². The first-order valence-electron chi connectivity index (χ1n) is 7.87. The summed E-state index contributed by atoms with van der Waals surface area (Å²) in [4.78, 5) is 23.8. The number of amides is 1. The number of nitrogens with one attached hydrogen (secondary N) is 1. The summed E-state index contributed by atoms with van der Waals surface area (Å²) < 4.78 is 16.0. The van der Waals surface area contributed by atoms with E-state index in [4.69, 9.17) is 14.2 Å². The van der Waals surface area contributed by atoms with Gasteiger partial charge in [-0.2, -0.15) is 11.8 Å². The van der Waals surface area contributed by atoms with Gasteiger partial charge in [0.15, 0.2) is 11.5 Å². The summed E-state index contributed by atoms with van der Waals surface area (Å²) in [6, 6.07) is 3.56. The molecule has 138 valence electrons. The van der Waals surface area contributed by atoms with Gasteiger partial charge in [0.05, 0.1) is 21.3 Å². The molecular formula is C17H23NO6S. The molecule has 1 saturated heterocycles. The molecule has 1 fully saturated rings. The van der Waals surface area contributed by atoms with Crippen molar-refractivity contribution in [2.24, 2.45) is 0 Å². The van der Waals surface area contributed by atoms with Crippen LogP contribution in [0, 0.1) is 0 Å². The molecule has 1 aromatic rings. The van der Waals surface area contributed by atoms with Crippen LogP contribution in [-0.2, 0) is 16.0 Å². The number of carbonyl (C=O) groups excluding carboxylic acids is 1. The number of methoxy groups -OCH3 is 3. The lowest BCUT2D eigenvalue weighted by Gasteiger charge is -2.24. The highest BCUT2D eigenvalue weighted by Gasteiger charge is 2.43. The van der Waals surface area contributed by atoms with Gasteiger partial charge in [0.25, 0.3) is 0 Å². The minimum absolute atomic E-state index is 0.158. The molecule has 0 spiro atoms. The number of rotatable bonds is 8. The van der Waals surface area contributed by atoms with Crippen molar-refractivity contribution in [2.75, 3.05) is 32.8 Å². The summed E-state index contributed by atoms with van der Waals surface area (Å²) in [5.41, 5.74) is -0.357. The normalized spacial score (nSPS) is 19.3. The molecule has 0 saturated carbocycles. The lowest BCUT2D eigenvalue weighted by molar-refractivity contribution is -0.146. The molecule has 0 aliphatic carbocycles. The molecule has 2 rings (SSSR count). The Hall–Kier alpha value is -2.09. The van der Waals surface area contributed by atoms with Gasteiger partial charge < -0.3 is 24.6 Å². The number of carboxylic acids is 1. The van der Waals surface area contributed by atoms with E-state index >= 15 is 0 Å². The SMILES string of the molecule is COc1ccc(CCC(=O)NC2(C(=O)O)CCSC2)c(OC)c1OC. The maximum atomic E-state index is 12.3. The number of hydrogen-bond acceptors (Lipinski definition) is 6. The van der Waals surface area contributed by atoms with Crippen LogP contribution >= 0.6 is 11.8 Å². The van der Waals surface area contributed by atoms with Gasteiger partial charge in [-0.25, -0.2) is 4.79 Å². The predicted molar refractivity (Wildman–Crippen MR) is 94.9 cm³/mol. The van der Waals surface area contributed by atoms with Crippen molar-refractivity contribution in [2.45, 2.75) is 24.8 Å². The number of hydrogen-bond donors (Lipinski definition) is 2. The summed E-state index contributed by atoms with van der Waals surface area (Å²) in [7, 11) is 4.58. The van der Waals surface area contributed by atoms with Crippen molar-refractivity contribution in [1.82, 2.24) is 5.32 Å². The smallest absolute Gasteiger partial charge is 0.330 e. The van der Waals surface area contributed by atoms with Crippen LogP contribution < -0.4 is 19.5 Å². The fraction of sp³-hybridized carbons (Fsp3) is 0.529. The first kappa shape index (κ1) is 19.2. The molecule has 8 heteroatoms. The van der Waals surface area contributed by atoms with Crippen LogP contribution in [0.4, 0.5) is 0 Å². The Labute approximate surface area is 151 Å². The Morgan fingerprint density at radius 3 is 2.44 bits per heavy atom. The number of benzene rings is 1. The quantitative estimate of drug-likeness (QED) is 0.720. The Balaban J connectivity index is 2.08. The van der Waals surface area contributed by atoms with E-state index < -0.39 is 11.5 Å². The molecule has 1 aliphatic rings. The molecule has 1 aromatic carbocycles. The molecule has 1 unspecified atom stereocenters. The Morgan fingerprint density at radius 2 is 1.92 bits per heavy atom. The molecular weight excluding hydrogens is 346 g/mol. The Kier molecular flexibility index (Phi) is 6.41. The van der Waals surface area contributed by atoms with Gasteiger partial charge >= 0.3 is 5.97 Å². The fourth-order valence-electron chi connectivity index (χ4n) is 2.82. The van der Waals surface area contributed by atoms with Gasteiger partial charge in [0, 0.05) is 12.2 Å². The Morgan fingerprint density at radius 1 is 1.20 bits per heavy atom. The van der Waals surface area contributed by atoms with E-state index in [1.165, 1.54) is 33.1 Å². The highest BCUT2D eigenvalue weighted by atomic mass is 32.2. The van der Waals surface area contributed by atoms with Crippen LogP contribution in [0.3, 0.4) is 0 Å². The lowest BCUT2D eigenvalue weighted by atomic mass is 9.98. The average molecular weight is 369 g/mol. The molecule has 0 aromatic heterocycles. The molecule has 1 aliphatic heterocycles. The van der Waals surface area contributed by atoms with Crippen LogP contribution in [0.5, 0.6) is 17.2 Å². The number of thioether (sulfide) groups is 1. The molecule has 2 N–H and O–H groups in total. The molecule has 1 atom stereocenters. The second-order valence-electron chi connectivity index (χ2n) is 5.73. The van der Waals surface area contributed by atoms with Gasteiger partial charge in [-0.05, 0) is 30.2 Å². The number of ether oxygens (including phenoxy) is 3. The van der Waals surface area contributed by atoms with Crippen molar-refractivity contribution < 1.29 is 28.9 Å². The summed E-state index contributed by atoms with van der Waals surface area (Å²) >= 11 is 1.53. The van der Waals surface area contributed by atoms with Crippen molar-refractivity contribution in [1.29, 1.82) is 0 Å². The molecule has 0 radical (unpaired) electrons. The van der Waals surface area contributed by atoms with Crippen molar-refractivity contribution in [3.05, 3.63) is 17.7 Å². The highest BCUT2D eigenvalue weighted by Crippen LogP contribution is 2.40. The predicted octanol–water partition coefficient (Wildman–Crippen LogP) is 1.72. The lowest BCUT2D eigenvalue weighted by Crippen LogP contribution is -2.54. The van der Waals surface area contributed by atoms with E-state index in [0.29, 0.717) is 35.8 Å². The number of aryl methyl sites for hydroxylation is 1. The minimum Gasteiger partial charge on any atom is -0.493 e. The topological polar surface area (TPSA) is 94.1 Å². The third kappa shape index (κ3) is 4.12. The zero-order valence-corrected chi connectivity index (χ0v) is 15.4. The molecule has 1 heterocycles. The van der Waals surface area contributed by atoms with Crippen LogP contribution in [0.25, 0.3) is 0 Å². The van der Waals surface area contributed by atoms with Crippen molar-refractivity contribution >= 4 is 23.6 Å². The third-order valence-corrected chi connectivity index (χ3v) is 5.41. The van der Waals surface area contributed by atoms with E-state index in [2.05, 4.69) is 5.32 Å². The van der Waals surface area contributed by atoms with E-state index in [-0.39, 0.29) is 12.3 Å². The van der Waals surface area contributed by atoms with Gasteiger partial charge in [-0.1, -0.05) is 6.07 Å². The van der Waals surface area contributed by atoms with E-state index in [0.717, 1.165) is 11.3 Å². The van der Waals surface area contributed by atoms with Gasteiger partial charge in [0.2, 0.25) is 11.7 Å². The minimum atomic E-state index is -1.15. The second-order valence-corrected chi connectivity index (χ2v) is 6.84. The van der Waals surface area contributed by atoms with E-state index in [1.807, 2.05) is 6.07 Å². The van der Waals surface area contributed by atoms with Gasteiger partial charge in [-0.3, -0.25) is 4.79 Å². The standard InChI is InChI=1S/C17H23NO6S/c1-22-12-6-4-11(14(23-2)15(12)24-3)5-7-13(19)18-17(16(20)21)8-9-25-10-17/h4,6H,5,7-10H2,1-3H3,(H,18,19)(H,20,21). The first-order valence-corrected chi connectivity index (χ1v) is 9.03. The monoisotopic (exact) mass is 369 g/mol. The Bertz CT molecular complexity index is 642. The largest absolute Gasteiger partial charge is 0.493 e. The number of carbonyl (C=O) groups is 2. The van der Waals surface area contributed by atoms with Crippen LogP contribution in [0.15, 0.2) is 12.1 Å². The first-order chi connectivity index (χ1) is 12.0. The average Bonchev–Trinajstić information content (AvgIpc) is 3.08. The van der Waals surface area contributed by atoms with Crippen molar-refractivity contribution in [3.63, 3.8) is 0 Å². The summed E-state index contributed by atoms with van der Waals surface area (Å²) in [5.74, 6) is 1.39. The van der Waals surface area contributed by atoms with Crippen LogP contribution in [-0.4, -0.2) is 55.4 Å². The maximum Gasteiger partial charge on any atom is 0.330 e. The summed E-state index contributed by atoms with van der Waals surface area (Å²) in [5, 5.41) is 12.1. The van der Waals surface area contributed by atoms with Gasteiger partial charge in [-0.15, -0.1) is 0 Å². The summed E-state index contributed by atoms with van der Waals surface area (Å²) in [6.07, 6.45) is 1.00. The zero-order chi connectivity index (χ0) is 18.4. The zero-order valence-electron chi connectivity index (χ0n) is 14.6. The highest BCUT2D eigenvalue weighted by molar-refractivity contribution is 7.99. The second kappa shape index (κ2) is 8.33. The molecule has 0 bridgehead atoms. The summed E-state index contributed by atoms with van der Waals surface area (Å²) in [6.45, 7) is 0. The third-order valence-electron chi connectivity index (χ3n) is 4.22. The maximum absolute atomic E-state index is 12.3. The number of carboxylic acid groups (broad SMARTS) is 1. The van der Waals surface area contributed by atoms with Crippen LogP contribution in [0.1, 0.15) is 18.4 Å². The fourth-order valence-corrected chi connectivity index (χ4v) is 4.15. The molecule has 7 nitrogen and oxygen atoms in total. The van der Waals surface area contributed by atoms with Crippen LogP contribution in [0.2, 0.25) is 0 Å².